The van der Waals surface area contributed by atoms with Crippen molar-refractivity contribution in [2.75, 3.05) is 6.54 Å². The number of H-pyrrole nitrogens is 1. The Hall–Kier alpha value is -2.63. The molecule has 1 amide bonds. The van der Waals surface area contributed by atoms with Gasteiger partial charge in [-0.3, -0.25) is 19.1 Å². The number of aromatic amines is 1. The lowest BCUT2D eigenvalue weighted by atomic mass is 9.92. The van der Waals surface area contributed by atoms with E-state index in [1.54, 1.807) is 0 Å². The Labute approximate surface area is 138 Å². The van der Waals surface area contributed by atoms with Gasteiger partial charge in [-0.15, -0.1) is 0 Å². The average Bonchev–Trinajstić information content (AvgIpc) is 3.29. The van der Waals surface area contributed by atoms with Crippen molar-refractivity contribution < 1.29 is 4.79 Å². The molecule has 2 aliphatic carbocycles. The molecule has 6 nitrogen and oxygen atoms in total. The molecule has 24 heavy (non-hydrogen) atoms. The Balaban J connectivity index is 1.36. The van der Waals surface area contributed by atoms with E-state index in [-0.39, 0.29) is 12.5 Å². The molecule has 1 saturated carbocycles. The van der Waals surface area contributed by atoms with Gasteiger partial charge >= 0.3 is 5.69 Å². The molecule has 0 saturated heterocycles. The van der Waals surface area contributed by atoms with E-state index in [4.69, 9.17) is 0 Å². The molecular weight excluding hydrogens is 306 g/mol. The van der Waals surface area contributed by atoms with Gasteiger partial charge in [0.25, 0.3) is 5.56 Å². The average molecular weight is 325 g/mol. The van der Waals surface area contributed by atoms with Crippen LogP contribution < -0.4 is 16.6 Å². The van der Waals surface area contributed by atoms with Crippen molar-refractivity contribution in [3.63, 3.8) is 0 Å². The van der Waals surface area contributed by atoms with E-state index in [0.717, 1.165) is 6.42 Å². The highest BCUT2D eigenvalue weighted by Gasteiger charge is 2.52. The molecular formula is C18H19N3O3. The van der Waals surface area contributed by atoms with Crippen LogP contribution in [0.2, 0.25) is 0 Å². The largest absolute Gasteiger partial charge is 0.354 e. The molecule has 1 aromatic carbocycles. The monoisotopic (exact) mass is 325 g/mol. The first kappa shape index (κ1) is 14.9. The highest BCUT2D eigenvalue weighted by molar-refractivity contribution is 5.75. The van der Waals surface area contributed by atoms with Crippen molar-refractivity contribution in [2.24, 2.45) is 11.8 Å². The quantitative estimate of drug-likeness (QED) is 0.865. The zero-order valence-corrected chi connectivity index (χ0v) is 13.2. The van der Waals surface area contributed by atoms with E-state index in [1.165, 1.54) is 34.4 Å². The first-order valence-electron chi connectivity index (χ1n) is 8.28. The second-order valence-electron chi connectivity index (χ2n) is 6.63. The molecule has 0 aliphatic heterocycles. The summed E-state index contributed by atoms with van der Waals surface area (Å²) in [7, 11) is 0. The van der Waals surface area contributed by atoms with Crippen molar-refractivity contribution >= 4 is 5.91 Å². The zero-order chi connectivity index (χ0) is 16.7. The van der Waals surface area contributed by atoms with E-state index in [2.05, 4.69) is 34.6 Å². The third-order valence-corrected chi connectivity index (χ3v) is 5.24. The molecule has 1 fully saturated rings. The van der Waals surface area contributed by atoms with Crippen LogP contribution in [0.4, 0.5) is 0 Å². The van der Waals surface area contributed by atoms with Gasteiger partial charge in [0.15, 0.2) is 0 Å². The number of nitrogens with one attached hydrogen (secondary N) is 2. The van der Waals surface area contributed by atoms with Gasteiger partial charge in [0.05, 0.1) is 0 Å². The smallest absolute Gasteiger partial charge is 0.328 e. The maximum absolute atomic E-state index is 12.1. The summed E-state index contributed by atoms with van der Waals surface area (Å²) >= 11 is 0. The Morgan fingerprint density at radius 1 is 1.25 bits per heavy atom. The third-order valence-electron chi connectivity index (χ3n) is 5.24. The number of hydrogen-bond donors (Lipinski definition) is 2. The molecule has 4 rings (SSSR count). The number of hydrogen-bond acceptors (Lipinski definition) is 3. The SMILES string of the molecule is O=C(Cn1ccc(=O)[nH]c1=O)NC[C@@H]1[C@H]2CCc3ccccc3[C@@H]21. The van der Waals surface area contributed by atoms with Gasteiger partial charge in [-0.1, -0.05) is 24.3 Å². The van der Waals surface area contributed by atoms with E-state index in [1.807, 2.05) is 0 Å². The summed E-state index contributed by atoms with van der Waals surface area (Å²) in [5.74, 6) is 1.51. The molecule has 1 heterocycles. The van der Waals surface area contributed by atoms with E-state index in [0.29, 0.717) is 24.3 Å². The van der Waals surface area contributed by atoms with Gasteiger partial charge in [-0.05, 0) is 41.7 Å². The first-order chi connectivity index (χ1) is 11.6. The minimum atomic E-state index is -0.563. The summed E-state index contributed by atoms with van der Waals surface area (Å²) in [6, 6.07) is 9.80. The predicted octanol–water partition coefficient (Wildman–Crippen LogP) is 0.629. The normalized spacial score (nSPS) is 23.9. The molecule has 0 spiro atoms. The minimum Gasteiger partial charge on any atom is -0.354 e. The van der Waals surface area contributed by atoms with Gasteiger partial charge in [0.2, 0.25) is 5.91 Å². The van der Waals surface area contributed by atoms with Gasteiger partial charge in [0.1, 0.15) is 6.54 Å². The van der Waals surface area contributed by atoms with Gasteiger partial charge in [0, 0.05) is 18.8 Å². The van der Waals surface area contributed by atoms with E-state index < -0.39 is 11.2 Å². The Kier molecular flexibility index (Phi) is 3.59. The zero-order valence-electron chi connectivity index (χ0n) is 13.2. The number of carbonyl (C=O) groups excluding carboxylic acids is 1. The fourth-order valence-corrected chi connectivity index (χ4v) is 4.00. The lowest BCUT2D eigenvalue weighted by Crippen LogP contribution is -2.36. The van der Waals surface area contributed by atoms with Crippen molar-refractivity contribution in [1.29, 1.82) is 0 Å². The van der Waals surface area contributed by atoms with Crippen LogP contribution in [0.3, 0.4) is 0 Å². The summed E-state index contributed by atoms with van der Waals surface area (Å²) in [4.78, 5) is 36.8. The standard InChI is InChI=1S/C18H19N3O3/c22-15-7-8-21(18(24)20-15)10-16(23)19-9-14-13-6-5-11-3-1-2-4-12(11)17(13)14/h1-4,7-8,13-14,17H,5-6,9-10H2,(H,19,23)(H,20,22,24)/t13-,14-,17+/m1/s1. The summed E-state index contributed by atoms with van der Waals surface area (Å²) in [6.45, 7) is 0.564. The Morgan fingerprint density at radius 3 is 2.92 bits per heavy atom. The number of carbonyl (C=O) groups is 1. The van der Waals surface area contributed by atoms with Crippen LogP contribution in [0.1, 0.15) is 23.5 Å². The molecule has 6 heteroatoms. The molecule has 1 aromatic heterocycles. The fourth-order valence-electron chi connectivity index (χ4n) is 4.00. The topological polar surface area (TPSA) is 84.0 Å². The summed E-state index contributed by atoms with van der Waals surface area (Å²) in [5.41, 5.74) is 1.85. The third kappa shape index (κ3) is 2.68. The van der Waals surface area contributed by atoms with Crippen molar-refractivity contribution in [3.8, 4) is 0 Å². The maximum Gasteiger partial charge on any atom is 0.328 e. The minimum absolute atomic E-state index is 0.0751. The molecule has 2 aromatic rings. The highest BCUT2D eigenvalue weighted by atomic mass is 16.2. The van der Waals surface area contributed by atoms with Crippen LogP contribution in [0, 0.1) is 11.8 Å². The lowest BCUT2D eigenvalue weighted by molar-refractivity contribution is -0.121. The van der Waals surface area contributed by atoms with Crippen LogP contribution >= 0.6 is 0 Å². The van der Waals surface area contributed by atoms with E-state index >= 15 is 0 Å². The number of aromatic nitrogens is 2. The van der Waals surface area contributed by atoms with Crippen LogP contribution in [-0.4, -0.2) is 22.0 Å². The number of nitrogens with zero attached hydrogens (tertiary/aromatic N) is 1. The number of amides is 1. The van der Waals surface area contributed by atoms with E-state index in [9.17, 15) is 14.4 Å². The second-order valence-corrected chi connectivity index (χ2v) is 6.63. The Bertz CT molecular complexity index is 899. The van der Waals surface area contributed by atoms with Crippen LogP contribution in [0.25, 0.3) is 0 Å². The van der Waals surface area contributed by atoms with Gasteiger partial charge in [-0.2, -0.15) is 0 Å². The molecule has 0 bridgehead atoms. The molecule has 3 atom stereocenters. The first-order valence-corrected chi connectivity index (χ1v) is 8.28. The highest BCUT2D eigenvalue weighted by Crippen LogP contribution is 2.59. The van der Waals surface area contributed by atoms with Crippen molar-refractivity contribution in [3.05, 3.63) is 68.5 Å². The second kappa shape index (κ2) is 5.78. The number of benzene rings is 1. The molecule has 2 N–H and O–H groups in total. The maximum atomic E-state index is 12.1. The van der Waals surface area contributed by atoms with Crippen molar-refractivity contribution in [2.45, 2.75) is 25.3 Å². The van der Waals surface area contributed by atoms with Gasteiger partial charge in [-0.25, -0.2) is 4.79 Å². The number of fused-ring (bicyclic) bond motifs is 3. The lowest BCUT2D eigenvalue weighted by Gasteiger charge is -2.13. The number of aryl methyl sites for hydroxylation is 1. The van der Waals surface area contributed by atoms with Gasteiger partial charge < -0.3 is 5.32 Å². The van der Waals surface area contributed by atoms with Crippen LogP contribution in [0.15, 0.2) is 46.1 Å². The molecule has 2 aliphatic rings. The summed E-state index contributed by atoms with van der Waals surface area (Å²) in [5, 5.41) is 2.93. The summed E-state index contributed by atoms with van der Waals surface area (Å²) in [6.07, 6.45) is 3.64. The molecule has 0 radical (unpaired) electrons. The summed E-state index contributed by atoms with van der Waals surface area (Å²) < 4.78 is 1.20. The van der Waals surface area contributed by atoms with Crippen LogP contribution in [0.5, 0.6) is 0 Å². The van der Waals surface area contributed by atoms with Crippen molar-refractivity contribution in [1.82, 2.24) is 14.9 Å². The fraction of sp³-hybridized carbons (Fsp3) is 0.389. The molecule has 0 unspecified atom stereocenters. The van der Waals surface area contributed by atoms with Crippen LogP contribution in [-0.2, 0) is 17.8 Å². The predicted molar refractivity (Wildman–Crippen MR) is 88.8 cm³/mol. The Morgan fingerprint density at radius 2 is 2.08 bits per heavy atom. The number of rotatable bonds is 4. The molecule has 124 valence electrons.